The number of hydrogen-bond donors (Lipinski definition) is 8. The second-order valence-electron chi connectivity index (χ2n) is 20.7. The van der Waals surface area contributed by atoms with Gasteiger partial charge in [0.1, 0.15) is 23.6 Å². The van der Waals surface area contributed by atoms with Gasteiger partial charge in [-0.25, -0.2) is 9.97 Å². The van der Waals surface area contributed by atoms with Crippen LogP contribution in [0.4, 0.5) is 0 Å². The van der Waals surface area contributed by atoms with Crippen molar-refractivity contribution in [2.24, 2.45) is 11.5 Å². The molecule has 20 heteroatoms. The number of amides is 4. The number of aromatic nitrogens is 5. The number of benzene rings is 6. The summed E-state index contributed by atoms with van der Waals surface area (Å²) in [5.74, 6) is -1.01. The molecular formula is C64H63BrClN11O6S. The maximum absolute atomic E-state index is 13.4. The Hall–Kier alpha value is -8.46. The SMILES string of the molecule is Cc1ccc(CC(NC2CCOc3c(C(=O)N[C@@H](Cc4ccc(Br)cc4)C(N)=O)cccc32)c2cnc[nH]2)cc1.NC(=O)[C@H](Cc1ccc(Cl)cc1)NC(=O)c1cccc2c1OCCC2NCc1nc[nH]c1Cc1ccc(-c2cncs2)cc1. The Morgan fingerprint density at radius 3 is 1.83 bits per heavy atom. The molecule has 84 heavy (non-hydrogen) atoms. The summed E-state index contributed by atoms with van der Waals surface area (Å²) in [6.45, 7) is 3.52. The Morgan fingerprint density at radius 1 is 0.679 bits per heavy atom. The van der Waals surface area contributed by atoms with Crippen LogP contribution in [-0.4, -0.2) is 73.8 Å². The largest absolute Gasteiger partial charge is 0.492 e. The van der Waals surface area contributed by atoms with Crippen molar-refractivity contribution in [2.75, 3.05) is 13.2 Å². The highest BCUT2D eigenvalue weighted by atomic mass is 79.9. The first-order chi connectivity index (χ1) is 40.8. The Kier molecular flexibility index (Phi) is 19.4. The lowest BCUT2D eigenvalue weighted by Gasteiger charge is -2.31. The summed E-state index contributed by atoms with van der Waals surface area (Å²) >= 11 is 11.0. The average molecular weight is 1230 g/mol. The molecule has 9 aromatic rings. The van der Waals surface area contributed by atoms with Gasteiger partial charge in [0, 0.05) is 89.4 Å². The van der Waals surface area contributed by atoms with Gasteiger partial charge in [-0.2, -0.15) is 0 Å². The Bertz CT molecular complexity index is 3680. The van der Waals surface area contributed by atoms with E-state index in [2.05, 4.69) is 118 Å². The molecule has 0 bridgehead atoms. The van der Waals surface area contributed by atoms with Crippen LogP contribution in [0.1, 0.15) is 108 Å². The van der Waals surface area contributed by atoms with Crippen LogP contribution < -0.4 is 42.2 Å². The van der Waals surface area contributed by atoms with Crippen LogP contribution in [0.15, 0.2) is 168 Å². The molecule has 0 aliphatic carbocycles. The molecule has 10 N–H and O–H groups in total. The molecule has 430 valence electrons. The summed E-state index contributed by atoms with van der Waals surface area (Å²) in [6, 6.07) is 40.8. The molecule has 0 radical (unpaired) electrons. The van der Waals surface area contributed by atoms with E-state index in [4.69, 9.17) is 32.5 Å². The molecule has 6 aromatic carbocycles. The first-order valence-electron chi connectivity index (χ1n) is 27.5. The zero-order chi connectivity index (χ0) is 58.5. The normalized spacial score (nSPS) is 15.3. The smallest absolute Gasteiger partial charge is 0.255 e. The van der Waals surface area contributed by atoms with Crippen molar-refractivity contribution in [3.05, 3.63) is 241 Å². The number of nitrogens with zero attached hydrogens (tertiary/aromatic N) is 3. The third-order valence-electron chi connectivity index (χ3n) is 14.9. The first kappa shape index (κ1) is 58.7. The average Bonchev–Trinajstić information content (AvgIpc) is 3.75. The van der Waals surface area contributed by atoms with Gasteiger partial charge in [-0.1, -0.05) is 130 Å². The van der Waals surface area contributed by atoms with E-state index < -0.39 is 35.7 Å². The lowest BCUT2D eigenvalue weighted by atomic mass is 9.94. The zero-order valence-corrected chi connectivity index (χ0v) is 49.1. The number of nitrogens with one attached hydrogen (secondary N) is 6. The molecule has 0 saturated carbocycles. The summed E-state index contributed by atoms with van der Waals surface area (Å²) in [4.78, 5) is 71.9. The van der Waals surface area contributed by atoms with Crippen LogP contribution in [0.2, 0.25) is 5.02 Å². The van der Waals surface area contributed by atoms with Gasteiger partial charge in [-0.15, -0.1) is 11.3 Å². The van der Waals surface area contributed by atoms with E-state index in [1.807, 2.05) is 66.4 Å². The second kappa shape index (κ2) is 27.7. The van der Waals surface area contributed by atoms with Crippen molar-refractivity contribution in [1.29, 1.82) is 0 Å². The molecule has 2 aliphatic rings. The Labute approximate surface area is 503 Å². The van der Waals surface area contributed by atoms with Crippen LogP contribution in [0, 0.1) is 6.92 Å². The number of thiazole rings is 1. The van der Waals surface area contributed by atoms with Crippen LogP contribution in [0.3, 0.4) is 0 Å². The minimum absolute atomic E-state index is 0.0243. The van der Waals surface area contributed by atoms with Gasteiger partial charge in [0.25, 0.3) is 11.8 Å². The molecule has 0 spiro atoms. The highest BCUT2D eigenvalue weighted by Gasteiger charge is 2.31. The van der Waals surface area contributed by atoms with Crippen molar-refractivity contribution in [3.63, 3.8) is 0 Å². The quantitative estimate of drug-likeness (QED) is 0.0336. The number of imidazole rings is 2. The third kappa shape index (κ3) is 15.0. The van der Waals surface area contributed by atoms with Gasteiger partial charge in [0.2, 0.25) is 11.8 Å². The minimum Gasteiger partial charge on any atom is -0.492 e. The maximum atomic E-state index is 13.4. The van der Waals surface area contributed by atoms with Gasteiger partial charge in [-0.3, -0.25) is 24.2 Å². The molecule has 2 aliphatic heterocycles. The van der Waals surface area contributed by atoms with Crippen molar-refractivity contribution in [1.82, 2.24) is 46.2 Å². The van der Waals surface area contributed by atoms with Gasteiger partial charge >= 0.3 is 0 Å². The molecule has 5 heterocycles. The number of nitrogens with two attached hydrogens (primary N) is 2. The number of hydrogen-bond acceptors (Lipinski definition) is 12. The number of rotatable bonds is 21. The fourth-order valence-corrected chi connectivity index (χ4v) is 11.4. The van der Waals surface area contributed by atoms with Gasteiger partial charge in [0.15, 0.2) is 0 Å². The van der Waals surface area contributed by atoms with E-state index in [-0.39, 0.29) is 24.5 Å². The summed E-state index contributed by atoms with van der Waals surface area (Å²) < 4.78 is 13.0. The first-order valence-corrected chi connectivity index (χ1v) is 29.6. The number of ether oxygens (including phenoxy) is 2. The van der Waals surface area contributed by atoms with E-state index in [1.165, 1.54) is 16.7 Å². The van der Waals surface area contributed by atoms with Gasteiger partial charge in [-0.05, 0) is 77.6 Å². The number of halogens is 2. The standard InChI is InChI=1S/C33H31ClN6O3S.C31H32BrN5O3/c34-23-10-6-21(7-11-23)15-28(32(35)41)40-33(42)25-3-1-2-24-26(12-13-43-31(24)25)37-16-29-27(38-18-39-29)14-20-4-8-22(9-5-20)30-17-36-19-44-30;1-19-5-7-20(8-6-19)15-26(28-17-34-18-35-28)36-25-13-14-40-29-23(25)3-2-4-24(29)31(39)37-27(30(33)38)16-21-9-11-22(32)12-10-21/h1-11,17-19,26,28,37H,12-16H2,(H2,35,41)(H,38,39)(H,40,42);2-12,17-18,25-27,36H,13-16H2,1H3,(H2,33,38)(H,34,35)(H,37,39)/t26?,28-;25?,26?,27-/m00/s1. The summed E-state index contributed by atoms with van der Waals surface area (Å²) in [5.41, 5.74) is 25.1. The highest BCUT2D eigenvalue weighted by Crippen LogP contribution is 2.38. The molecule has 17 nitrogen and oxygen atoms in total. The third-order valence-corrected chi connectivity index (χ3v) is 16.5. The van der Waals surface area contributed by atoms with Crippen LogP contribution in [0.25, 0.3) is 10.4 Å². The molecule has 4 amide bonds. The zero-order valence-electron chi connectivity index (χ0n) is 45.9. The van der Waals surface area contributed by atoms with E-state index in [0.717, 1.165) is 79.9 Å². The highest BCUT2D eigenvalue weighted by molar-refractivity contribution is 9.10. The number of carbonyl (C=O) groups is 4. The number of H-pyrrole nitrogens is 2. The maximum Gasteiger partial charge on any atom is 0.255 e. The summed E-state index contributed by atoms with van der Waals surface area (Å²) in [7, 11) is 0. The lowest BCUT2D eigenvalue weighted by molar-refractivity contribution is -0.120. The molecular weight excluding hydrogens is 1170 g/mol. The number of aromatic amines is 2. The van der Waals surface area contributed by atoms with E-state index >= 15 is 0 Å². The fourth-order valence-electron chi connectivity index (χ4n) is 10.4. The number of primary amides is 2. The predicted octanol–water partition coefficient (Wildman–Crippen LogP) is 9.92. The van der Waals surface area contributed by atoms with Gasteiger partial charge < -0.3 is 52.2 Å². The Morgan fingerprint density at radius 2 is 1.25 bits per heavy atom. The molecule has 3 aromatic heterocycles. The lowest BCUT2D eigenvalue weighted by Crippen LogP contribution is -2.46. The number of aryl methyl sites for hydroxylation is 1. The number of para-hydroxylation sites is 2. The van der Waals surface area contributed by atoms with Crippen LogP contribution in [-0.2, 0) is 41.8 Å². The molecule has 3 unspecified atom stereocenters. The fraction of sp³-hybridized carbons (Fsp3) is 0.234. The van der Waals surface area contributed by atoms with Crippen molar-refractivity contribution >= 4 is 62.5 Å². The van der Waals surface area contributed by atoms with Crippen molar-refractivity contribution in [3.8, 4) is 21.9 Å². The van der Waals surface area contributed by atoms with E-state index in [1.54, 1.807) is 60.4 Å². The van der Waals surface area contributed by atoms with Crippen LogP contribution in [0.5, 0.6) is 11.5 Å². The number of fused-ring (bicyclic) bond motifs is 2. The van der Waals surface area contributed by atoms with Gasteiger partial charge in [0.05, 0.1) is 64.8 Å². The van der Waals surface area contributed by atoms with Crippen LogP contribution >= 0.6 is 38.9 Å². The Balaban J connectivity index is 0.000000188. The summed E-state index contributed by atoms with van der Waals surface area (Å²) in [6.07, 6.45) is 10.6. The van der Waals surface area contributed by atoms with E-state index in [0.29, 0.717) is 53.8 Å². The molecule has 0 fully saturated rings. The van der Waals surface area contributed by atoms with E-state index in [9.17, 15) is 19.2 Å². The van der Waals surface area contributed by atoms with Crippen molar-refractivity contribution < 1.29 is 28.7 Å². The molecule has 5 atom stereocenters. The minimum atomic E-state index is -0.890. The predicted molar refractivity (Wildman–Crippen MR) is 328 cm³/mol. The second-order valence-corrected chi connectivity index (χ2v) is 22.9. The topological polar surface area (TPSA) is 257 Å². The molecule has 0 saturated heterocycles. The summed E-state index contributed by atoms with van der Waals surface area (Å²) in [5, 5.41) is 13.6. The molecule has 11 rings (SSSR count). The number of carbonyl (C=O) groups excluding carboxylic acids is 4. The monoisotopic (exact) mass is 1230 g/mol. The van der Waals surface area contributed by atoms with Crippen molar-refractivity contribution in [2.45, 2.75) is 82.2 Å².